The average Bonchev–Trinajstić information content (AvgIpc) is 2.38. The Morgan fingerprint density at radius 2 is 2.00 bits per heavy atom. The van der Waals surface area contributed by atoms with Gasteiger partial charge in [-0.1, -0.05) is 19.1 Å². The molecule has 2 atom stereocenters. The molecule has 0 saturated heterocycles. The molecular weight excluding hydrogens is 236 g/mol. The third kappa shape index (κ3) is 3.71. The maximum absolute atomic E-state index is 9.31. The highest BCUT2D eigenvalue weighted by atomic mass is 16.5. The second kappa shape index (κ2) is 7.16. The fraction of sp³-hybridized carbons (Fsp3) is 0.562. The third-order valence-corrected chi connectivity index (χ3v) is 3.38. The van der Waals surface area contributed by atoms with Gasteiger partial charge in [0.15, 0.2) is 0 Å². The molecule has 19 heavy (non-hydrogen) atoms. The van der Waals surface area contributed by atoms with Crippen LogP contribution in [0.15, 0.2) is 18.2 Å². The van der Waals surface area contributed by atoms with Gasteiger partial charge in [-0.15, -0.1) is 0 Å². The summed E-state index contributed by atoms with van der Waals surface area (Å²) in [7, 11) is 4.05. The monoisotopic (exact) mass is 260 g/mol. The number of aryl methyl sites for hydroxylation is 1. The van der Waals surface area contributed by atoms with Crippen molar-refractivity contribution in [3.05, 3.63) is 29.3 Å². The van der Waals surface area contributed by atoms with Crippen molar-refractivity contribution in [1.29, 1.82) is 5.26 Å². The third-order valence-electron chi connectivity index (χ3n) is 3.38. The van der Waals surface area contributed by atoms with Crippen LogP contribution in [0.3, 0.4) is 0 Å². The maximum Gasteiger partial charge on any atom is 0.122 e. The summed E-state index contributed by atoms with van der Waals surface area (Å²) in [6, 6.07) is 8.76. The van der Waals surface area contributed by atoms with E-state index in [1.54, 1.807) is 0 Å². The van der Waals surface area contributed by atoms with E-state index in [-0.39, 0.29) is 12.0 Å². The maximum atomic E-state index is 9.31. The van der Waals surface area contributed by atoms with Gasteiger partial charge in [-0.2, -0.15) is 5.26 Å². The lowest BCUT2D eigenvalue weighted by Crippen LogP contribution is -2.26. The summed E-state index contributed by atoms with van der Waals surface area (Å²) in [6.45, 7) is 6.77. The first-order chi connectivity index (χ1) is 9.04. The van der Waals surface area contributed by atoms with Crippen LogP contribution in [0.5, 0.6) is 5.75 Å². The van der Waals surface area contributed by atoms with Crippen molar-refractivity contribution in [3.63, 3.8) is 0 Å². The van der Waals surface area contributed by atoms with Crippen molar-refractivity contribution < 1.29 is 4.74 Å². The van der Waals surface area contributed by atoms with E-state index >= 15 is 0 Å². The summed E-state index contributed by atoms with van der Waals surface area (Å²) in [5.41, 5.74) is 2.30. The molecule has 0 heterocycles. The molecule has 0 amide bonds. The second-order valence-corrected chi connectivity index (χ2v) is 5.01. The number of nitriles is 1. The number of rotatable bonds is 6. The first-order valence-corrected chi connectivity index (χ1v) is 6.84. The van der Waals surface area contributed by atoms with Crippen LogP contribution in [0.4, 0.5) is 0 Å². The van der Waals surface area contributed by atoms with Gasteiger partial charge >= 0.3 is 0 Å². The lowest BCUT2D eigenvalue weighted by atomic mass is 9.90. The van der Waals surface area contributed by atoms with Gasteiger partial charge in [0.2, 0.25) is 0 Å². The zero-order valence-corrected chi connectivity index (χ0v) is 12.6. The molecule has 0 aliphatic rings. The molecule has 1 rings (SSSR count). The van der Waals surface area contributed by atoms with E-state index in [0.717, 1.165) is 17.7 Å². The van der Waals surface area contributed by atoms with Crippen molar-refractivity contribution >= 4 is 0 Å². The minimum Gasteiger partial charge on any atom is -0.494 e. The molecular formula is C16H24N2O. The van der Waals surface area contributed by atoms with E-state index in [4.69, 9.17) is 4.74 Å². The Morgan fingerprint density at radius 1 is 1.32 bits per heavy atom. The highest BCUT2D eigenvalue weighted by molar-refractivity contribution is 5.38. The van der Waals surface area contributed by atoms with Crippen LogP contribution < -0.4 is 4.74 Å². The number of ether oxygens (including phenoxy) is 1. The van der Waals surface area contributed by atoms with Crippen molar-refractivity contribution in [2.75, 3.05) is 20.7 Å². The molecule has 0 spiro atoms. The molecule has 2 unspecified atom stereocenters. The lowest BCUT2D eigenvalue weighted by molar-refractivity contribution is 0.241. The smallest absolute Gasteiger partial charge is 0.122 e. The topological polar surface area (TPSA) is 36.3 Å². The molecule has 0 N–H and O–H groups in total. The Labute approximate surface area is 116 Å². The summed E-state index contributed by atoms with van der Waals surface area (Å²) in [6.07, 6.45) is 0.853. The van der Waals surface area contributed by atoms with Gasteiger partial charge in [0.05, 0.1) is 24.6 Å². The quantitative estimate of drug-likeness (QED) is 0.785. The van der Waals surface area contributed by atoms with Crippen molar-refractivity contribution in [2.45, 2.75) is 33.2 Å². The second-order valence-electron chi connectivity index (χ2n) is 5.01. The Hall–Kier alpha value is -1.53. The van der Waals surface area contributed by atoms with Crippen molar-refractivity contribution in [1.82, 2.24) is 4.90 Å². The summed E-state index contributed by atoms with van der Waals surface area (Å²) in [5, 5.41) is 9.31. The largest absolute Gasteiger partial charge is 0.494 e. The van der Waals surface area contributed by atoms with Crippen LogP contribution in [-0.4, -0.2) is 25.6 Å². The molecule has 0 fully saturated rings. The van der Waals surface area contributed by atoms with Crippen molar-refractivity contribution in [3.8, 4) is 11.8 Å². The Morgan fingerprint density at radius 3 is 2.42 bits per heavy atom. The molecule has 104 valence electrons. The highest BCUT2D eigenvalue weighted by Crippen LogP contribution is 2.31. The van der Waals surface area contributed by atoms with E-state index in [1.165, 1.54) is 5.56 Å². The molecule has 0 bridgehead atoms. The van der Waals surface area contributed by atoms with Crippen LogP contribution in [0.1, 0.15) is 37.4 Å². The Bertz CT molecular complexity index is 449. The molecule has 0 aliphatic carbocycles. The van der Waals surface area contributed by atoms with Crippen molar-refractivity contribution in [2.24, 2.45) is 5.92 Å². The number of hydrogen-bond acceptors (Lipinski definition) is 3. The van der Waals surface area contributed by atoms with Crippen LogP contribution in [-0.2, 0) is 0 Å². The summed E-state index contributed by atoms with van der Waals surface area (Å²) >= 11 is 0. The van der Waals surface area contributed by atoms with Gasteiger partial charge in [0, 0.05) is 0 Å². The van der Waals surface area contributed by atoms with Crippen LogP contribution in [0, 0.1) is 24.2 Å². The number of hydrogen-bond donors (Lipinski definition) is 0. The summed E-state index contributed by atoms with van der Waals surface area (Å²) < 4.78 is 5.57. The predicted molar refractivity (Wildman–Crippen MR) is 78.2 cm³/mol. The van der Waals surface area contributed by atoms with Crippen LogP contribution in [0.25, 0.3) is 0 Å². The van der Waals surface area contributed by atoms with Crippen LogP contribution in [0.2, 0.25) is 0 Å². The minimum absolute atomic E-state index is 0.00680. The SMILES string of the molecule is CCOc1ccc(C(C(C#N)CC)N(C)C)cc1C. The summed E-state index contributed by atoms with van der Waals surface area (Å²) in [5.74, 6) is 0.932. The van der Waals surface area contributed by atoms with Gasteiger partial charge in [0.1, 0.15) is 5.75 Å². The molecule has 3 heteroatoms. The standard InChI is InChI=1S/C16H24N2O/c1-6-13(11-17)16(18(4)5)14-8-9-15(19-7-2)12(3)10-14/h8-10,13,16H,6-7H2,1-5H3. The van der Waals surface area contributed by atoms with Gasteiger partial charge < -0.3 is 9.64 Å². The number of benzene rings is 1. The van der Waals surface area contributed by atoms with Gasteiger partial charge in [0.25, 0.3) is 0 Å². The normalized spacial score (nSPS) is 13.9. The van der Waals surface area contributed by atoms with Crippen LogP contribution >= 0.6 is 0 Å². The number of nitrogens with zero attached hydrogens (tertiary/aromatic N) is 2. The lowest BCUT2D eigenvalue weighted by Gasteiger charge is -2.28. The zero-order valence-electron chi connectivity index (χ0n) is 12.6. The molecule has 0 aliphatic heterocycles. The fourth-order valence-corrected chi connectivity index (χ4v) is 2.45. The highest BCUT2D eigenvalue weighted by Gasteiger charge is 2.24. The predicted octanol–water partition coefficient (Wildman–Crippen LogP) is 3.55. The van der Waals surface area contributed by atoms with E-state index in [9.17, 15) is 5.26 Å². The van der Waals surface area contributed by atoms with Gasteiger partial charge in [-0.05, 0) is 51.6 Å². The molecule has 0 radical (unpaired) electrons. The van der Waals surface area contributed by atoms with E-state index in [1.807, 2.05) is 27.1 Å². The molecule has 0 saturated carbocycles. The molecule has 3 nitrogen and oxygen atoms in total. The fourth-order valence-electron chi connectivity index (χ4n) is 2.45. The van der Waals surface area contributed by atoms with E-state index in [2.05, 4.69) is 36.9 Å². The average molecular weight is 260 g/mol. The molecule has 0 aromatic heterocycles. The first kappa shape index (κ1) is 15.5. The Balaban J connectivity index is 3.11. The molecule has 1 aromatic carbocycles. The molecule has 1 aromatic rings. The van der Waals surface area contributed by atoms with Gasteiger partial charge in [-0.25, -0.2) is 0 Å². The Kier molecular flexibility index (Phi) is 5.85. The zero-order chi connectivity index (χ0) is 14.4. The van der Waals surface area contributed by atoms with E-state index < -0.39 is 0 Å². The summed E-state index contributed by atoms with van der Waals surface area (Å²) in [4.78, 5) is 2.12. The first-order valence-electron chi connectivity index (χ1n) is 6.84. The minimum atomic E-state index is 0.00680. The van der Waals surface area contributed by atoms with E-state index in [0.29, 0.717) is 6.61 Å². The van der Waals surface area contributed by atoms with Gasteiger partial charge in [-0.3, -0.25) is 0 Å².